The zero-order valence-electron chi connectivity index (χ0n) is 11.6. The Morgan fingerprint density at radius 1 is 0.850 bits per heavy atom. The molecule has 0 spiro atoms. The summed E-state index contributed by atoms with van der Waals surface area (Å²) in [5, 5.41) is 0. The number of hydrogen-bond acceptors (Lipinski definition) is 0. The minimum atomic E-state index is 1.20. The van der Waals surface area contributed by atoms with Crippen molar-refractivity contribution in [3.8, 4) is 0 Å². The third-order valence-electron chi connectivity index (χ3n) is 4.40. The minimum absolute atomic E-state index is 1.20. The van der Waals surface area contributed by atoms with Gasteiger partial charge >= 0.3 is 0 Å². The highest BCUT2D eigenvalue weighted by atomic mass is 14.3. The number of hydrogen-bond donors (Lipinski definition) is 0. The monoisotopic (exact) mass is 258 g/mol. The maximum absolute atomic E-state index is 2.45. The average Bonchev–Trinajstić information content (AvgIpc) is 2.72. The molecule has 1 aromatic rings. The molecule has 0 nitrogen and oxygen atoms in total. The first-order valence-corrected chi connectivity index (χ1v) is 7.54. The van der Waals surface area contributed by atoms with E-state index >= 15 is 0 Å². The van der Waals surface area contributed by atoms with Crippen LogP contribution in [-0.2, 0) is 0 Å². The molecule has 0 aliphatic heterocycles. The topological polar surface area (TPSA) is 0 Å². The van der Waals surface area contributed by atoms with Gasteiger partial charge in [0.05, 0.1) is 0 Å². The third kappa shape index (κ3) is 1.76. The molecule has 0 heteroatoms. The van der Waals surface area contributed by atoms with Crippen LogP contribution in [0.4, 0.5) is 0 Å². The molecule has 0 radical (unpaired) electrons. The van der Waals surface area contributed by atoms with E-state index in [2.05, 4.69) is 60.7 Å². The van der Waals surface area contributed by atoms with Crippen molar-refractivity contribution < 1.29 is 0 Å². The summed E-state index contributed by atoms with van der Waals surface area (Å²) in [6.45, 7) is 0. The molecule has 98 valence electrons. The molecule has 0 fully saturated rings. The van der Waals surface area contributed by atoms with E-state index < -0.39 is 0 Å². The summed E-state index contributed by atoms with van der Waals surface area (Å²) in [7, 11) is 0. The first-order chi connectivity index (χ1) is 9.95. The summed E-state index contributed by atoms with van der Waals surface area (Å²) in [6, 6.07) is 8.84. The molecule has 0 N–H and O–H groups in total. The molecule has 3 aliphatic carbocycles. The van der Waals surface area contributed by atoms with Crippen molar-refractivity contribution in [2.24, 2.45) is 0 Å². The fourth-order valence-corrected chi connectivity index (χ4v) is 3.48. The van der Waals surface area contributed by atoms with Crippen LogP contribution in [0.3, 0.4) is 0 Å². The van der Waals surface area contributed by atoms with E-state index in [4.69, 9.17) is 0 Å². The van der Waals surface area contributed by atoms with E-state index in [0.717, 1.165) is 0 Å². The van der Waals surface area contributed by atoms with Crippen molar-refractivity contribution in [1.82, 2.24) is 0 Å². The summed E-state index contributed by atoms with van der Waals surface area (Å²) >= 11 is 0. The van der Waals surface area contributed by atoms with Gasteiger partial charge in [-0.1, -0.05) is 60.7 Å². The Kier molecular flexibility index (Phi) is 2.81. The number of allylic oxidation sites excluding steroid dienone is 10. The SMILES string of the molecule is C1=C\C=C2\CCCC/C=C3C2=C(\C=C/1)c1ccccc1\3. The quantitative estimate of drug-likeness (QED) is 0.579. The van der Waals surface area contributed by atoms with Crippen LogP contribution in [0.25, 0.3) is 11.1 Å². The molecule has 0 unspecified atom stereocenters. The van der Waals surface area contributed by atoms with Gasteiger partial charge < -0.3 is 0 Å². The average molecular weight is 258 g/mol. The summed E-state index contributed by atoms with van der Waals surface area (Å²) in [5.74, 6) is 0. The van der Waals surface area contributed by atoms with E-state index in [1.807, 2.05) is 0 Å². The van der Waals surface area contributed by atoms with Gasteiger partial charge in [0.25, 0.3) is 0 Å². The number of fused-ring (bicyclic) bond motifs is 3. The lowest BCUT2D eigenvalue weighted by atomic mass is 9.88. The van der Waals surface area contributed by atoms with Gasteiger partial charge in [-0.2, -0.15) is 0 Å². The second-order valence-corrected chi connectivity index (χ2v) is 5.63. The Morgan fingerprint density at radius 2 is 1.75 bits per heavy atom. The molecule has 4 rings (SSSR count). The first-order valence-electron chi connectivity index (χ1n) is 7.54. The summed E-state index contributed by atoms with van der Waals surface area (Å²) < 4.78 is 0. The normalized spacial score (nSPS) is 28.6. The Hall–Kier alpha value is -2.08. The van der Waals surface area contributed by atoms with Gasteiger partial charge in [-0.05, 0) is 59.1 Å². The Balaban J connectivity index is 2.03. The Labute approximate surface area is 120 Å². The second-order valence-electron chi connectivity index (χ2n) is 5.63. The van der Waals surface area contributed by atoms with Gasteiger partial charge in [0.15, 0.2) is 0 Å². The van der Waals surface area contributed by atoms with Gasteiger partial charge in [-0.25, -0.2) is 0 Å². The van der Waals surface area contributed by atoms with E-state index in [-0.39, 0.29) is 0 Å². The molecule has 1 aromatic carbocycles. The second kappa shape index (κ2) is 4.79. The van der Waals surface area contributed by atoms with Gasteiger partial charge in [-0.15, -0.1) is 0 Å². The standard InChI is InChI=1S/C20H18/c1-3-9-15-10-4-2-6-14-19-17-12-8-7-11-16(17)18(13-5-1)20(15)19/h1,3,5,7-9,11-14H,2,4,6,10H2/b3-1-,5-1?,9-3?,13-5-,15-9-,18-13?,19-14-,20-15?. The molecular formula is C20H18. The Bertz CT molecular complexity index is 705. The lowest BCUT2D eigenvalue weighted by Gasteiger charge is -2.16. The summed E-state index contributed by atoms with van der Waals surface area (Å²) in [5.41, 5.74) is 8.66. The molecule has 0 saturated heterocycles. The highest BCUT2D eigenvalue weighted by Crippen LogP contribution is 2.47. The fraction of sp³-hybridized carbons (Fsp3) is 0.200. The lowest BCUT2D eigenvalue weighted by Crippen LogP contribution is -1.96. The minimum Gasteiger partial charge on any atom is -0.0760 e. The predicted molar refractivity (Wildman–Crippen MR) is 86.2 cm³/mol. The summed E-state index contributed by atoms with van der Waals surface area (Å²) in [6.07, 6.45) is 18.5. The molecule has 3 aliphatic rings. The van der Waals surface area contributed by atoms with Crippen molar-refractivity contribution in [3.05, 3.63) is 83.0 Å². The van der Waals surface area contributed by atoms with Crippen LogP contribution < -0.4 is 0 Å². The highest BCUT2D eigenvalue weighted by Gasteiger charge is 2.27. The van der Waals surface area contributed by atoms with Crippen LogP contribution in [-0.4, -0.2) is 0 Å². The van der Waals surface area contributed by atoms with Crippen molar-refractivity contribution in [3.63, 3.8) is 0 Å². The van der Waals surface area contributed by atoms with Crippen LogP contribution in [0.15, 0.2) is 71.9 Å². The van der Waals surface area contributed by atoms with E-state index in [1.165, 1.54) is 59.1 Å². The molecule has 0 amide bonds. The van der Waals surface area contributed by atoms with Crippen molar-refractivity contribution in [1.29, 1.82) is 0 Å². The van der Waals surface area contributed by atoms with Crippen LogP contribution in [0.5, 0.6) is 0 Å². The van der Waals surface area contributed by atoms with Crippen LogP contribution in [0.2, 0.25) is 0 Å². The molecule has 0 saturated carbocycles. The van der Waals surface area contributed by atoms with Crippen LogP contribution >= 0.6 is 0 Å². The fourth-order valence-electron chi connectivity index (χ4n) is 3.48. The maximum atomic E-state index is 2.45. The van der Waals surface area contributed by atoms with Gasteiger partial charge in [0, 0.05) is 0 Å². The van der Waals surface area contributed by atoms with Crippen molar-refractivity contribution in [2.75, 3.05) is 0 Å². The van der Waals surface area contributed by atoms with Gasteiger partial charge in [-0.3, -0.25) is 0 Å². The first kappa shape index (κ1) is 11.7. The van der Waals surface area contributed by atoms with E-state index in [0.29, 0.717) is 0 Å². The van der Waals surface area contributed by atoms with Crippen LogP contribution in [0, 0.1) is 0 Å². The molecule has 0 atom stereocenters. The van der Waals surface area contributed by atoms with Crippen molar-refractivity contribution in [2.45, 2.75) is 25.7 Å². The molecule has 20 heavy (non-hydrogen) atoms. The lowest BCUT2D eigenvalue weighted by molar-refractivity contribution is 0.742. The Morgan fingerprint density at radius 3 is 2.70 bits per heavy atom. The predicted octanol–water partition coefficient (Wildman–Crippen LogP) is 5.46. The molecule has 0 aromatic heterocycles. The summed E-state index contributed by atoms with van der Waals surface area (Å²) in [4.78, 5) is 0. The molecule has 0 bridgehead atoms. The van der Waals surface area contributed by atoms with Gasteiger partial charge in [0.1, 0.15) is 0 Å². The highest BCUT2D eigenvalue weighted by molar-refractivity contribution is 6.06. The third-order valence-corrected chi connectivity index (χ3v) is 4.40. The molecular weight excluding hydrogens is 240 g/mol. The molecule has 0 heterocycles. The zero-order valence-corrected chi connectivity index (χ0v) is 11.6. The van der Waals surface area contributed by atoms with E-state index in [1.54, 1.807) is 0 Å². The smallest absolute Gasteiger partial charge is 0.00701 e. The number of benzene rings is 1. The zero-order chi connectivity index (χ0) is 13.4. The van der Waals surface area contributed by atoms with E-state index in [9.17, 15) is 0 Å². The van der Waals surface area contributed by atoms with Gasteiger partial charge in [0.2, 0.25) is 0 Å². The van der Waals surface area contributed by atoms with Crippen LogP contribution in [0.1, 0.15) is 36.8 Å². The maximum Gasteiger partial charge on any atom is -0.00701 e. The number of rotatable bonds is 0. The van der Waals surface area contributed by atoms with Crippen molar-refractivity contribution >= 4 is 11.1 Å². The largest absolute Gasteiger partial charge is 0.0760 e.